The maximum Gasteiger partial charge on any atom is 0.306 e. The lowest BCUT2D eigenvalue weighted by molar-refractivity contribution is -0.153. The molecule has 2 heterocycles. The third kappa shape index (κ3) is 6.28. The lowest BCUT2D eigenvalue weighted by Gasteiger charge is -2.35. The number of rotatable bonds is 14. The van der Waals surface area contributed by atoms with Crippen molar-refractivity contribution in [3.8, 4) is 0 Å². The lowest BCUT2D eigenvalue weighted by Crippen LogP contribution is -2.38. The second kappa shape index (κ2) is 12.9. The highest BCUT2D eigenvalue weighted by Gasteiger charge is 2.54. The second-order valence-electron chi connectivity index (χ2n) is 11.1. The van der Waals surface area contributed by atoms with E-state index in [4.69, 9.17) is 4.74 Å². The van der Waals surface area contributed by atoms with E-state index in [2.05, 4.69) is 68.3 Å². The third-order valence-corrected chi connectivity index (χ3v) is 8.84. The molecule has 2 aliphatic heterocycles. The Hall–Kier alpha value is -1.87. The van der Waals surface area contributed by atoms with E-state index >= 15 is 0 Å². The molecule has 2 aromatic carbocycles. The quantitative estimate of drug-likeness (QED) is 0.203. The van der Waals surface area contributed by atoms with Crippen LogP contribution in [0.3, 0.4) is 0 Å². The third-order valence-electron chi connectivity index (χ3n) is 8.84. The zero-order chi connectivity index (χ0) is 24.6. The maximum absolute atomic E-state index is 12.8. The van der Waals surface area contributed by atoms with Crippen molar-refractivity contribution in [2.75, 3.05) is 7.05 Å². The van der Waals surface area contributed by atoms with Crippen LogP contribution in [0.5, 0.6) is 0 Å². The van der Waals surface area contributed by atoms with Crippen LogP contribution in [0.4, 0.5) is 0 Å². The lowest BCUT2D eigenvalue weighted by atomic mass is 9.72. The smallest absolute Gasteiger partial charge is 0.306 e. The second-order valence-corrected chi connectivity index (χ2v) is 11.1. The minimum atomic E-state index is 0.00952. The minimum absolute atomic E-state index is 0.00952. The van der Waals surface area contributed by atoms with Crippen molar-refractivity contribution in [3.63, 3.8) is 0 Å². The van der Waals surface area contributed by atoms with Crippen LogP contribution < -0.4 is 0 Å². The van der Waals surface area contributed by atoms with Gasteiger partial charge in [-0.2, -0.15) is 0 Å². The molecule has 0 radical (unpaired) electrons. The number of benzene rings is 2. The van der Waals surface area contributed by atoms with Gasteiger partial charge < -0.3 is 4.74 Å². The van der Waals surface area contributed by atoms with E-state index in [1.807, 2.05) is 0 Å². The SMILES string of the molecule is CCCCCCCCCCCC(=O)OC(CC)C1C(c2ccc3ccccc3c2)C2CCC1N2C. The molecule has 2 fully saturated rings. The van der Waals surface area contributed by atoms with Crippen molar-refractivity contribution in [2.45, 2.75) is 121 Å². The highest BCUT2D eigenvalue weighted by Crippen LogP contribution is 2.52. The first-order valence-electron chi connectivity index (χ1n) is 14.5. The number of carbonyl (C=O) groups is 1. The Labute approximate surface area is 213 Å². The van der Waals surface area contributed by atoms with Gasteiger partial charge in [0.25, 0.3) is 0 Å². The summed E-state index contributed by atoms with van der Waals surface area (Å²) in [5.74, 6) is 0.841. The summed E-state index contributed by atoms with van der Waals surface area (Å²) in [5.41, 5.74) is 1.42. The molecular weight excluding hydrogens is 430 g/mol. The van der Waals surface area contributed by atoms with Crippen molar-refractivity contribution in [1.29, 1.82) is 0 Å². The molecule has 5 unspecified atom stereocenters. The molecule has 192 valence electrons. The fourth-order valence-corrected chi connectivity index (χ4v) is 6.97. The van der Waals surface area contributed by atoms with Gasteiger partial charge in [0.05, 0.1) is 0 Å². The Morgan fingerprint density at radius 3 is 2.26 bits per heavy atom. The van der Waals surface area contributed by atoms with Crippen LogP contribution in [-0.4, -0.2) is 36.1 Å². The predicted molar refractivity (Wildman–Crippen MR) is 147 cm³/mol. The summed E-state index contributed by atoms with van der Waals surface area (Å²) in [6, 6.07) is 16.7. The average molecular weight is 478 g/mol. The molecule has 0 saturated carbocycles. The molecule has 2 aliphatic rings. The van der Waals surface area contributed by atoms with Gasteiger partial charge in [-0.25, -0.2) is 0 Å². The van der Waals surface area contributed by atoms with E-state index < -0.39 is 0 Å². The molecule has 35 heavy (non-hydrogen) atoms. The van der Waals surface area contributed by atoms with Crippen molar-refractivity contribution in [3.05, 3.63) is 48.0 Å². The normalized spacial score (nSPS) is 24.8. The molecule has 2 bridgehead atoms. The van der Waals surface area contributed by atoms with Crippen LogP contribution in [-0.2, 0) is 9.53 Å². The fraction of sp³-hybridized carbons (Fsp3) is 0.656. The van der Waals surface area contributed by atoms with Crippen LogP contribution in [0.15, 0.2) is 42.5 Å². The van der Waals surface area contributed by atoms with E-state index in [-0.39, 0.29) is 12.1 Å². The Bertz CT molecular complexity index is 940. The molecule has 2 saturated heterocycles. The highest BCUT2D eigenvalue weighted by molar-refractivity contribution is 5.83. The van der Waals surface area contributed by atoms with Crippen LogP contribution in [0.2, 0.25) is 0 Å². The number of likely N-dealkylation sites (N-methyl/N-ethyl adjacent to an activating group) is 1. The van der Waals surface area contributed by atoms with Crippen molar-refractivity contribution in [1.82, 2.24) is 4.90 Å². The van der Waals surface area contributed by atoms with Gasteiger partial charge >= 0.3 is 5.97 Å². The van der Waals surface area contributed by atoms with Crippen LogP contribution in [0.1, 0.15) is 109 Å². The molecule has 0 aliphatic carbocycles. The average Bonchev–Trinajstić information content (AvgIpc) is 3.38. The summed E-state index contributed by atoms with van der Waals surface area (Å²) in [4.78, 5) is 15.4. The number of hydrogen-bond donors (Lipinski definition) is 0. The largest absolute Gasteiger partial charge is 0.462 e. The van der Waals surface area contributed by atoms with E-state index in [1.54, 1.807) is 0 Å². The molecule has 0 spiro atoms. The molecule has 2 aromatic rings. The number of nitrogens with zero attached hydrogens (tertiary/aromatic N) is 1. The molecule has 4 rings (SSSR count). The first-order valence-corrected chi connectivity index (χ1v) is 14.5. The van der Waals surface area contributed by atoms with Gasteiger partial charge in [0, 0.05) is 30.3 Å². The molecular formula is C32H47NO2. The standard InChI is InChI=1S/C32H47NO2/c1-4-6-7-8-9-10-11-12-13-18-30(34)35-29(5-2)32-28-22-21-27(33(28)3)31(32)26-20-19-24-16-14-15-17-25(24)23-26/h14-17,19-20,23,27-29,31-32H,4-13,18,21-22H2,1-3H3. The molecule has 0 amide bonds. The number of ether oxygens (including phenoxy) is 1. The number of fused-ring (bicyclic) bond motifs is 3. The maximum atomic E-state index is 12.8. The summed E-state index contributed by atoms with van der Waals surface area (Å²) in [6.07, 6.45) is 15.4. The molecule has 3 nitrogen and oxygen atoms in total. The monoisotopic (exact) mass is 477 g/mol. The van der Waals surface area contributed by atoms with Crippen molar-refractivity contribution >= 4 is 16.7 Å². The molecule has 3 heteroatoms. The summed E-state index contributed by atoms with van der Waals surface area (Å²) in [6.45, 7) is 4.46. The summed E-state index contributed by atoms with van der Waals surface area (Å²) >= 11 is 0. The Kier molecular flexibility index (Phi) is 9.66. The van der Waals surface area contributed by atoms with Crippen LogP contribution >= 0.6 is 0 Å². The van der Waals surface area contributed by atoms with Crippen LogP contribution in [0.25, 0.3) is 10.8 Å². The Morgan fingerprint density at radius 2 is 1.54 bits per heavy atom. The van der Waals surface area contributed by atoms with E-state index in [0.29, 0.717) is 30.3 Å². The molecule has 5 atom stereocenters. The first kappa shape index (κ1) is 26.2. The first-order chi connectivity index (χ1) is 17.1. The minimum Gasteiger partial charge on any atom is -0.462 e. The van der Waals surface area contributed by atoms with E-state index in [1.165, 1.54) is 74.1 Å². The topological polar surface area (TPSA) is 29.5 Å². The van der Waals surface area contributed by atoms with Gasteiger partial charge in [0.2, 0.25) is 0 Å². The number of carbonyl (C=O) groups excluding carboxylic acids is 1. The number of hydrogen-bond acceptors (Lipinski definition) is 3. The molecule has 0 N–H and O–H groups in total. The predicted octanol–water partition coefficient (Wildman–Crippen LogP) is 8.26. The van der Waals surface area contributed by atoms with Crippen LogP contribution in [0, 0.1) is 5.92 Å². The zero-order valence-electron chi connectivity index (χ0n) is 22.4. The van der Waals surface area contributed by atoms with Crippen molar-refractivity contribution < 1.29 is 9.53 Å². The van der Waals surface area contributed by atoms with Gasteiger partial charge in [-0.3, -0.25) is 9.69 Å². The van der Waals surface area contributed by atoms with Gasteiger partial charge in [-0.1, -0.05) is 108 Å². The van der Waals surface area contributed by atoms with Gasteiger partial charge in [0.1, 0.15) is 6.10 Å². The Balaban J connectivity index is 1.33. The van der Waals surface area contributed by atoms with E-state index in [0.717, 1.165) is 19.3 Å². The summed E-state index contributed by atoms with van der Waals surface area (Å²) < 4.78 is 6.23. The van der Waals surface area contributed by atoms with Gasteiger partial charge in [0.15, 0.2) is 0 Å². The van der Waals surface area contributed by atoms with Gasteiger partial charge in [-0.15, -0.1) is 0 Å². The fourth-order valence-electron chi connectivity index (χ4n) is 6.97. The number of esters is 1. The molecule has 0 aromatic heterocycles. The van der Waals surface area contributed by atoms with Crippen molar-refractivity contribution in [2.24, 2.45) is 5.92 Å². The highest BCUT2D eigenvalue weighted by atomic mass is 16.5. The Morgan fingerprint density at radius 1 is 0.886 bits per heavy atom. The zero-order valence-corrected chi connectivity index (χ0v) is 22.4. The number of unbranched alkanes of at least 4 members (excludes halogenated alkanes) is 8. The summed E-state index contributed by atoms with van der Waals surface area (Å²) in [5, 5.41) is 2.60. The van der Waals surface area contributed by atoms with E-state index in [9.17, 15) is 4.79 Å². The van der Waals surface area contributed by atoms with Gasteiger partial charge in [-0.05, 0) is 49.1 Å². The summed E-state index contributed by atoms with van der Waals surface area (Å²) in [7, 11) is 2.28.